The lowest BCUT2D eigenvalue weighted by Gasteiger charge is -2.34. The Morgan fingerprint density at radius 3 is 2.91 bits per heavy atom. The zero-order valence-corrected chi connectivity index (χ0v) is 13.4. The van der Waals surface area contributed by atoms with Crippen molar-refractivity contribution in [1.29, 1.82) is 0 Å². The fourth-order valence-corrected chi connectivity index (χ4v) is 3.06. The number of terminal acetylenes is 1. The quantitative estimate of drug-likeness (QED) is 0.758. The van der Waals surface area contributed by atoms with Gasteiger partial charge in [-0.1, -0.05) is 18.2 Å². The van der Waals surface area contributed by atoms with Crippen LogP contribution in [0.25, 0.3) is 0 Å². The summed E-state index contributed by atoms with van der Waals surface area (Å²) in [6, 6.07) is 8.02. The van der Waals surface area contributed by atoms with Crippen LogP contribution in [0.5, 0.6) is 0 Å². The number of para-hydroxylation sites is 1. The Kier molecular flexibility index (Phi) is 4.44. The average molecular weight is 311 g/mol. The van der Waals surface area contributed by atoms with Gasteiger partial charge in [-0.05, 0) is 11.6 Å². The van der Waals surface area contributed by atoms with Gasteiger partial charge in [0.25, 0.3) is 0 Å². The highest BCUT2D eigenvalue weighted by Crippen LogP contribution is 2.38. The largest absolute Gasteiger partial charge is 0.379 e. The average Bonchev–Trinajstić information content (AvgIpc) is 3.37. The van der Waals surface area contributed by atoms with Crippen LogP contribution < -0.4 is 4.90 Å². The molecule has 5 heteroatoms. The maximum absolute atomic E-state index is 12.7. The second-order valence-corrected chi connectivity index (χ2v) is 6.08. The molecule has 2 aliphatic rings. The van der Waals surface area contributed by atoms with Crippen LogP contribution in [-0.4, -0.2) is 31.3 Å². The molecular formula is C18H21N3O2. The van der Waals surface area contributed by atoms with E-state index in [-0.39, 0.29) is 12.0 Å². The molecule has 1 amide bonds. The Hall–Kier alpha value is -2.19. The molecule has 0 radical (unpaired) electrons. The lowest BCUT2D eigenvalue weighted by atomic mass is 9.97. The monoisotopic (exact) mass is 311 g/mol. The first kappa shape index (κ1) is 15.7. The predicted octanol–water partition coefficient (Wildman–Crippen LogP) is 2.95. The molecule has 3 rings (SSSR count). The van der Waals surface area contributed by atoms with E-state index in [2.05, 4.69) is 22.2 Å². The van der Waals surface area contributed by atoms with Gasteiger partial charge >= 0.3 is 0 Å². The second kappa shape index (κ2) is 6.51. The number of hydrogen-bond acceptors (Lipinski definition) is 4. The van der Waals surface area contributed by atoms with E-state index in [1.165, 1.54) is 0 Å². The van der Waals surface area contributed by atoms with Crippen LogP contribution in [0, 0.1) is 12.3 Å². The Balaban J connectivity index is 1.66. The number of carbonyl (C=O) groups excluding carboxylic acids is 1. The van der Waals surface area contributed by atoms with Crippen LogP contribution in [-0.2, 0) is 16.0 Å². The number of hydrogen-bond donors (Lipinski definition) is 0. The minimum absolute atomic E-state index is 0.0413. The van der Waals surface area contributed by atoms with E-state index in [9.17, 15) is 4.79 Å². The van der Waals surface area contributed by atoms with Gasteiger partial charge in [0.15, 0.2) is 5.66 Å². The zero-order chi connectivity index (χ0) is 16.3. The van der Waals surface area contributed by atoms with Crippen LogP contribution in [0.4, 0.5) is 5.69 Å². The van der Waals surface area contributed by atoms with Gasteiger partial charge < -0.3 is 9.64 Å². The van der Waals surface area contributed by atoms with Crippen molar-refractivity contribution in [2.75, 3.05) is 18.6 Å². The van der Waals surface area contributed by atoms with Crippen LogP contribution in [0.3, 0.4) is 0 Å². The molecule has 0 saturated heterocycles. The van der Waals surface area contributed by atoms with E-state index in [0.29, 0.717) is 25.8 Å². The molecule has 5 nitrogen and oxygen atoms in total. The molecule has 1 aromatic rings. The topological polar surface area (TPSA) is 54.3 Å². The molecule has 0 saturated carbocycles. The molecule has 1 aromatic carbocycles. The number of amides is 1. The van der Waals surface area contributed by atoms with Gasteiger partial charge in [-0.25, -0.2) is 0 Å². The van der Waals surface area contributed by atoms with Crippen molar-refractivity contribution in [3.05, 3.63) is 29.8 Å². The number of carbonyl (C=O) groups is 1. The maximum atomic E-state index is 12.7. The van der Waals surface area contributed by atoms with Gasteiger partial charge in [-0.15, -0.1) is 12.3 Å². The van der Waals surface area contributed by atoms with E-state index < -0.39 is 5.66 Å². The van der Waals surface area contributed by atoms with Crippen molar-refractivity contribution in [3.8, 4) is 12.3 Å². The van der Waals surface area contributed by atoms with E-state index in [1.54, 1.807) is 7.11 Å². The third-order valence-corrected chi connectivity index (χ3v) is 4.54. The SMILES string of the molecule is C#CCCC1(CCC(=O)N2CC(OC)Cc3ccccc32)N=N1. The molecule has 0 aromatic heterocycles. The molecule has 0 bridgehead atoms. The Morgan fingerprint density at radius 1 is 1.43 bits per heavy atom. The number of nitrogens with zero attached hydrogens (tertiary/aromatic N) is 3. The summed E-state index contributed by atoms with van der Waals surface area (Å²) in [6.45, 7) is 0.595. The standard InChI is InChI=1S/C18H21N3O2/c1-3-4-10-18(19-20-18)11-9-17(22)21-13-15(23-2)12-14-7-5-6-8-16(14)21/h1,5-8,15H,4,9-13H2,2H3. The van der Waals surface area contributed by atoms with Gasteiger partial charge in [-0.2, -0.15) is 10.2 Å². The maximum Gasteiger partial charge on any atom is 0.227 e. The summed E-state index contributed by atoms with van der Waals surface area (Å²) < 4.78 is 5.49. The summed E-state index contributed by atoms with van der Waals surface area (Å²) in [5.41, 5.74) is 1.74. The fourth-order valence-electron chi connectivity index (χ4n) is 3.06. The van der Waals surface area contributed by atoms with Crippen molar-refractivity contribution in [1.82, 2.24) is 0 Å². The van der Waals surface area contributed by atoms with Crippen molar-refractivity contribution in [2.45, 2.75) is 43.9 Å². The van der Waals surface area contributed by atoms with Gasteiger partial charge in [-0.3, -0.25) is 4.79 Å². The normalized spacial score (nSPS) is 20.7. The lowest BCUT2D eigenvalue weighted by Crippen LogP contribution is -2.43. The van der Waals surface area contributed by atoms with Crippen molar-refractivity contribution in [3.63, 3.8) is 0 Å². The number of benzene rings is 1. The smallest absolute Gasteiger partial charge is 0.227 e. The molecule has 120 valence electrons. The number of ether oxygens (including phenoxy) is 1. The Morgan fingerprint density at radius 2 is 2.22 bits per heavy atom. The number of fused-ring (bicyclic) bond motifs is 1. The van der Waals surface area contributed by atoms with E-state index >= 15 is 0 Å². The molecule has 0 aliphatic carbocycles. The highest BCUT2D eigenvalue weighted by atomic mass is 16.5. The molecule has 0 spiro atoms. The number of rotatable bonds is 6. The van der Waals surface area contributed by atoms with Crippen molar-refractivity contribution in [2.24, 2.45) is 10.2 Å². The Labute approximate surface area is 136 Å². The van der Waals surface area contributed by atoms with Gasteiger partial charge in [0.1, 0.15) is 0 Å². The van der Waals surface area contributed by atoms with Gasteiger partial charge in [0.2, 0.25) is 5.91 Å². The fraction of sp³-hybridized carbons (Fsp3) is 0.500. The van der Waals surface area contributed by atoms with E-state index in [4.69, 9.17) is 11.2 Å². The Bertz CT molecular complexity index is 656. The minimum atomic E-state index is -0.405. The summed E-state index contributed by atoms with van der Waals surface area (Å²) >= 11 is 0. The number of methoxy groups -OCH3 is 1. The summed E-state index contributed by atoms with van der Waals surface area (Å²) in [5.74, 6) is 2.70. The summed E-state index contributed by atoms with van der Waals surface area (Å²) in [6.07, 6.45) is 8.60. The third-order valence-electron chi connectivity index (χ3n) is 4.54. The molecule has 23 heavy (non-hydrogen) atoms. The molecule has 0 N–H and O–H groups in total. The van der Waals surface area contributed by atoms with Crippen LogP contribution in [0.2, 0.25) is 0 Å². The first-order chi connectivity index (χ1) is 11.2. The molecule has 1 unspecified atom stereocenters. The first-order valence-electron chi connectivity index (χ1n) is 7.96. The van der Waals surface area contributed by atoms with Crippen molar-refractivity contribution < 1.29 is 9.53 Å². The van der Waals surface area contributed by atoms with Crippen LogP contribution in [0.15, 0.2) is 34.5 Å². The minimum Gasteiger partial charge on any atom is -0.379 e. The molecule has 2 heterocycles. The van der Waals surface area contributed by atoms with Crippen LogP contribution in [0.1, 0.15) is 31.2 Å². The second-order valence-electron chi connectivity index (χ2n) is 6.08. The van der Waals surface area contributed by atoms with Crippen molar-refractivity contribution >= 4 is 11.6 Å². The third kappa shape index (κ3) is 3.43. The lowest BCUT2D eigenvalue weighted by molar-refractivity contribution is -0.119. The predicted molar refractivity (Wildman–Crippen MR) is 88.2 cm³/mol. The summed E-state index contributed by atoms with van der Waals surface area (Å²) in [4.78, 5) is 14.6. The first-order valence-corrected chi connectivity index (χ1v) is 7.96. The summed E-state index contributed by atoms with van der Waals surface area (Å²) in [7, 11) is 1.69. The van der Waals surface area contributed by atoms with Crippen LogP contribution >= 0.6 is 0 Å². The molecule has 1 atom stereocenters. The van der Waals surface area contributed by atoms with E-state index in [0.717, 1.165) is 24.1 Å². The zero-order valence-electron chi connectivity index (χ0n) is 13.4. The van der Waals surface area contributed by atoms with Gasteiger partial charge in [0, 0.05) is 44.9 Å². The number of anilines is 1. The summed E-state index contributed by atoms with van der Waals surface area (Å²) in [5, 5.41) is 8.20. The highest BCUT2D eigenvalue weighted by Gasteiger charge is 2.40. The molecule has 2 aliphatic heterocycles. The highest BCUT2D eigenvalue weighted by molar-refractivity contribution is 5.94. The molecular weight excluding hydrogens is 290 g/mol. The molecule has 0 fully saturated rings. The van der Waals surface area contributed by atoms with Gasteiger partial charge in [0.05, 0.1) is 12.6 Å². The van der Waals surface area contributed by atoms with E-state index in [1.807, 2.05) is 23.1 Å².